The van der Waals surface area contributed by atoms with Crippen LogP contribution in [0.2, 0.25) is 0 Å². The third-order valence-electron chi connectivity index (χ3n) is 1.31. The minimum Gasteiger partial charge on any atom is -0.371 e. The zero-order valence-corrected chi connectivity index (χ0v) is 7.22. The maximum absolute atomic E-state index is 9.51. The summed E-state index contributed by atoms with van der Waals surface area (Å²) < 4.78 is 0. The maximum Gasteiger partial charge on any atom is 0.174 e. The summed E-state index contributed by atoms with van der Waals surface area (Å²) in [5.41, 5.74) is -1.36. The van der Waals surface area contributed by atoms with Gasteiger partial charge in [0, 0.05) is 0 Å². The van der Waals surface area contributed by atoms with Crippen LogP contribution in [-0.2, 0) is 5.60 Å². The highest BCUT2D eigenvalue weighted by molar-refractivity contribution is 7.12. The van der Waals surface area contributed by atoms with E-state index in [2.05, 4.69) is 10.9 Å². The molecule has 0 radical (unpaired) electrons. The number of hydrogen-bond donors (Lipinski definition) is 1. The Morgan fingerprint density at radius 2 is 2.50 bits per heavy atom. The minimum atomic E-state index is -1.36. The van der Waals surface area contributed by atoms with Gasteiger partial charge in [-0.1, -0.05) is 5.92 Å². The van der Waals surface area contributed by atoms with Crippen LogP contribution in [0.1, 0.15) is 16.8 Å². The molecule has 1 N–H and O–H groups in total. The van der Waals surface area contributed by atoms with Crippen molar-refractivity contribution in [1.29, 1.82) is 5.26 Å². The molecule has 4 heteroatoms. The summed E-state index contributed by atoms with van der Waals surface area (Å²) in [5, 5.41) is 18.4. The number of hydrogen-bond acceptors (Lipinski definition) is 4. The number of thiazole rings is 1. The Morgan fingerprint density at radius 3 is 2.92 bits per heavy atom. The molecule has 0 aromatic carbocycles. The first kappa shape index (κ1) is 8.73. The van der Waals surface area contributed by atoms with Crippen molar-refractivity contribution in [3.63, 3.8) is 0 Å². The molecule has 1 rings (SSSR count). The highest BCUT2D eigenvalue weighted by atomic mass is 32.1. The second-order valence-electron chi connectivity index (χ2n) is 2.36. The van der Waals surface area contributed by atoms with Crippen molar-refractivity contribution < 1.29 is 5.11 Å². The molecule has 0 saturated heterocycles. The molecule has 1 aromatic rings. The van der Waals surface area contributed by atoms with Crippen LogP contribution in [0.4, 0.5) is 0 Å². The predicted octanol–water partition coefficient (Wildman–Crippen LogP) is 0.855. The molecule has 0 saturated carbocycles. The maximum atomic E-state index is 9.51. The molecule has 1 heterocycles. The molecule has 12 heavy (non-hydrogen) atoms. The van der Waals surface area contributed by atoms with E-state index >= 15 is 0 Å². The smallest absolute Gasteiger partial charge is 0.174 e. The van der Waals surface area contributed by atoms with Gasteiger partial charge in [0.05, 0.1) is 6.20 Å². The number of terminal acetylenes is 1. The van der Waals surface area contributed by atoms with Crippen molar-refractivity contribution >= 4 is 11.3 Å². The fourth-order valence-electron chi connectivity index (χ4n) is 0.613. The van der Waals surface area contributed by atoms with E-state index in [0.29, 0.717) is 9.88 Å². The first-order valence-electron chi connectivity index (χ1n) is 3.16. The lowest BCUT2D eigenvalue weighted by atomic mass is 10.1. The zero-order valence-electron chi connectivity index (χ0n) is 6.40. The third-order valence-corrected chi connectivity index (χ3v) is 2.43. The molecule has 0 aliphatic heterocycles. The van der Waals surface area contributed by atoms with Gasteiger partial charge in [0.2, 0.25) is 0 Å². The molecule has 0 fully saturated rings. The van der Waals surface area contributed by atoms with Gasteiger partial charge >= 0.3 is 0 Å². The number of aromatic nitrogens is 1. The standard InChI is InChI=1S/C8H6N2OS/c1-3-8(2,11)7-10-5-6(4-9)12-7/h1,5,11H,2H3/t8-/m1/s1. The van der Waals surface area contributed by atoms with E-state index in [-0.39, 0.29) is 0 Å². The molecule has 1 aromatic heterocycles. The minimum absolute atomic E-state index is 0.376. The van der Waals surface area contributed by atoms with Gasteiger partial charge in [0.15, 0.2) is 5.60 Å². The Morgan fingerprint density at radius 1 is 1.83 bits per heavy atom. The van der Waals surface area contributed by atoms with Crippen molar-refractivity contribution in [3.05, 3.63) is 16.1 Å². The molecule has 0 spiro atoms. The summed E-state index contributed by atoms with van der Waals surface area (Å²) in [6.45, 7) is 1.47. The number of nitriles is 1. The number of aliphatic hydroxyl groups is 1. The third kappa shape index (κ3) is 1.45. The van der Waals surface area contributed by atoms with Gasteiger partial charge in [-0.25, -0.2) is 4.98 Å². The lowest BCUT2D eigenvalue weighted by molar-refractivity contribution is 0.122. The molecule has 0 unspecified atom stereocenters. The van der Waals surface area contributed by atoms with Crippen LogP contribution in [0.25, 0.3) is 0 Å². The lowest BCUT2D eigenvalue weighted by Crippen LogP contribution is -2.17. The summed E-state index contributed by atoms with van der Waals surface area (Å²) in [4.78, 5) is 4.28. The van der Waals surface area contributed by atoms with Gasteiger partial charge in [0.1, 0.15) is 16.0 Å². The summed E-state index contributed by atoms with van der Waals surface area (Å²) in [6.07, 6.45) is 6.47. The van der Waals surface area contributed by atoms with Gasteiger partial charge in [-0.05, 0) is 6.92 Å². The molecule has 0 amide bonds. The Bertz CT molecular complexity index is 367. The first-order chi connectivity index (χ1) is 5.60. The Labute approximate surface area is 74.3 Å². The molecule has 1 atom stereocenters. The highest BCUT2D eigenvalue weighted by Gasteiger charge is 2.23. The zero-order chi connectivity index (χ0) is 9.19. The van der Waals surface area contributed by atoms with Gasteiger partial charge < -0.3 is 5.11 Å². The normalized spacial score (nSPS) is 14.3. The van der Waals surface area contributed by atoms with Crippen LogP contribution < -0.4 is 0 Å². The topological polar surface area (TPSA) is 56.9 Å². The monoisotopic (exact) mass is 178 g/mol. The SMILES string of the molecule is C#C[C@@](C)(O)c1ncc(C#N)s1. The van der Waals surface area contributed by atoms with Crippen LogP contribution in [0.5, 0.6) is 0 Å². The van der Waals surface area contributed by atoms with Crippen molar-refractivity contribution in [2.75, 3.05) is 0 Å². The first-order valence-corrected chi connectivity index (χ1v) is 3.98. The van der Waals surface area contributed by atoms with Gasteiger partial charge in [0.25, 0.3) is 0 Å². The summed E-state index contributed by atoms with van der Waals surface area (Å²) >= 11 is 1.10. The van der Waals surface area contributed by atoms with Crippen LogP contribution in [-0.4, -0.2) is 10.1 Å². The molecule has 0 aliphatic rings. The quantitative estimate of drug-likeness (QED) is 0.649. The molecular formula is C8H6N2OS. The average Bonchev–Trinajstić information content (AvgIpc) is 2.52. The van der Waals surface area contributed by atoms with Crippen LogP contribution in [0, 0.1) is 23.7 Å². The Kier molecular flexibility index (Phi) is 2.14. The Balaban J connectivity index is 3.08. The molecule has 60 valence electrons. The van der Waals surface area contributed by atoms with Crippen LogP contribution in [0.3, 0.4) is 0 Å². The number of rotatable bonds is 1. The van der Waals surface area contributed by atoms with Crippen molar-refractivity contribution in [3.8, 4) is 18.4 Å². The lowest BCUT2D eigenvalue weighted by Gasteiger charge is -2.10. The van der Waals surface area contributed by atoms with Gasteiger partial charge in [-0.15, -0.1) is 17.8 Å². The highest BCUT2D eigenvalue weighted by Crippen LogP contribution is 2.23. The Hall–Kier alpha value is -1.36. The average molecular weight is 178 g/mol. The van der Waals surface area contributed by atoms with E-state index in [9.17, 15) is 5.11 Å². The van der Waals surface area contributed by atoms with E-state index in [4.69, 9.17) is 11.7 Å². The largest absolute Gasteiger partial charge is 0.371 e. The fourth-order valence-corrected chi connectivity index (χ4v) is 1.34. The van der Waals surface area contributed by atoms with Crippen molar-refractivity contribution in [2.24, 2.45) is 0 Å². The van der Waals surface area contributed by atoms with Crippen LogP contribution in [0.15, 0.2) is 6.20 Å². The summed E-state index contributed by atoms with van der Waals surface area (Å²) in [6, 6.07) is 1.92. The second-order valence-corrected chi connectivity index (χ2v) is 3.39. The van der Waals surface area contributed by atoms with Crippen molar-refractivity contribution in [2.45, 2.75) is 12.5 Å². The molecule has 0 bridgehead atoms. The molecule has 0 aliphatic carbocycles. The molecule has 3 nitrogen and oxygen atoms in total. The van der Waals surface area contributed by atoms with Crippen molar-refractivity contribution in [1.82, 2.24) is 4.98 Å². The van der Waals surface area contributed by atoms with E-state index in [1.807, 2.05) is 6.07 Å². The van der Waals surface area contributed by atoms with E-state index in [1.165, 1.54) is 13.1 Å². The fraction of sp³-hybridized carbons (Fsp3) is 0.250. The van der Waals surface area contributed by atoms with Gasteiger partial charge in [-0.3, -0.25) is 0 Å². The predicted molar refractivity (Wildman–Crippen MR) is 45.2 cm³/mol. The van der Waals surface area contributed by atoms with E-state index in [0.717, 1.165) is 11.3 Å². The summed E-state index contributed by atoms with van der Waals surface area (Å²) in [7, 11) is 0. The summed E-state index contributed by atoms with van der Waals surface area (Å²) in [5.74, 6) is 2.19. The van der Waals surface area contributed by atoms with Crippen LogP contribution >= 0.6 is 11.3 Å². The molecular weight excluding hydrogens is 172 g/mol. The van der Waals surface area contributed by atoms with E-state index in [1.54, 1.807) is 0 Å². The van der Waals surface area contributed by atoms with E-state index < -0.39 is 5.60 Å². The number of nitrogens with zero attached hydrogens (tertiary/aromatic N) is 2. The second kappa shape index (κ2) is 2.94. The van der Waals surface area contributed by atoms with Gasteiger partial charge in [-0.2, -0.15) is 5.26 Å².